The lowest BCUT2D eigenvalue weighted by atomic mass is 9.90. The summed E-state index contributed by atoms with van der Waals surface area (Å²) in [6.07, 6.45) is 4.42. The summed E-state index contributed by atoms with van der Waals surface area (Å²) in [5, 5.41) is 11.6. The van der Waals surface area contributed by atoms with Crippen LogP contribution < -0.4 is 5.32 Å². The van der Waals surface area contributed by atoms with Crippen molar-refractivity contribution in [3.05, 3.63) is 64.9 Å². The first-order valence-corrected chi connectivity index (χ1v) is 11.2. The number of piperidine rings is 1. The SMILES string of the molecule is C[C@@H]1CCCN(C(=O)c2c(F)cc(F)cc2-n2nccn2)[C@@H]1CNc1nc2cc(Cl)ccc2o1. The van der Waals surface area contributed by atoms with Gasteiger partial charge >= 0.3 is 0 Å². The molecule has 0 spiro atoms. The Labute approximate surface area is 198 Å². The van der Waals surface area contributed by atoms with Crippen molar-refractivity contribution in [2.24, 2.45) is 5.92 Å². The third-order valence-corrected chi connectivity index (χ3v) is 6.31. The fraction of sp³-hybridized carbons (Fsp3) is 0.304. The third-order valence-electron chi connectivity index (χ3n) is 6.07. The van der Waals surface area contributed by atoms with Crippen molar-refractivity contribution in [1.82, 2.24) is 24.9 Å². The van der Waals surface area contributed by atoms with Crippen molar-refractivity contribution >= 4 is 34.6 Å². The molecular weight excluding hydrogens is 466 g/mol. The molecule has 0 aliphatic carbocycles. The first kappa shape index (κ1) is 22.3. The van der Waals surface area contributed by atoms with Crippen molar-refractivity contribution < 1.29 is 18.0 Å². The Bertz CT molecular complexity index is 1340. The minimum Gasteiger partial charge on any atom is -0.424 e. The minimum atomic E-state index is -0.960. The van der Waals surface area contributed by atoms with Gasteiger partial charge < -0.3 is 14.6 Å². The number of hydrogen-bond donors (Lipinski definition) is 1. The molecule has 2 aromatic carbocycles. The molecule has 2 atom stereocenters. The number of benzene rings is 2. The van der Waals surface area contributed by atoms with Crippen LogP contribution in [0.2, 0.25) is 5.02 Å². The molecule has 11 heteroatoms. The van der Waals surface area contributed by atoms with Crippen LogP contribution in [0.3, 0.4) is 0 Å². The van der Waals surface area contributed by atoms with E-state index in [-0.39, 0.29) is 23.2 Å². The molecule has 0 saturated carbocycles. The molecular formula is C23H21ClF2N6O2. The minimum absolute atomic E-state index is 0.0479. The Balaban J connectivity index is 1.43. The summed E-state index contributed by atoms with van der Waals surface area (Å²) >= 11 is 6.02. The Morgan fingerprint density at radius 2 is 2.03 bits per heavy atom. The van der Waals surface area contributed by atoms with E-state index < -0.39 is 17.5 Å². The van der Waals surface area contributed by atoms with E-state index in [1.807, 2.05) is 6.92 Å². The molecule has 1 aliphatic heterocycles. The molecule has 1 saturated heterocycles. The highest BCUT2D eigenvalue weighted by atomic mass is 35.5. The Kier molecular flexibility index (Phi) is 5.91. The van der Waals surface area contributed by atoms with Gasteiger partial charge in [0.15, 0.2) is 5.58 Å². The van der Waals surface area contributed by atoms with Gasteiger partial charge in [0, 0.05) is 30.2 Å². The van der Waals surface area contributed by atoms with Crippen LogP contribution in [0, 0.1) is 17.6 Å². The summed E-state index contributed by atoms with van der Waals surface area (Å²) < 4.78 is 34.6. The Morgan fingerprint density at radius 1 is 1.24 bits per heavy atom. The maximum atomic E-state index is 14.9. The van der Waals surface area contributed by atoms with Gasteiger partial charge in [-0.2, -0.15) is 20.0 Å². The van der Waals surface area contributed by atoms with Crippen LogP contribution in [0.1, 0.15) is 30.1 Å². The predicted molar refractivity (Wildman–Crippen MR) is 122 cm³/mol. The van der Waals surface area contributed by atoms with Gasteiger partial charge in [-0.15, -0.1) is 0 Å². The van der Waals surface area contributed by atoms with E-state index in [1.165, 1.54) is 12.4 Å². The summed E-state index contributed by atoms with van der Waals surface area (Å²) in [7, 11) is 0. The van der Waals surface area contributed by atoms with Gasteiger partial charge in [-0.05, 0) is 37.0 Å². The predicted octanol–water partition coefficient (Wildman–Crippen LogP) is 4.69. The fourth-order valence-corrected chi connectivity index (χ4v) is 4.56. The molecule has 1 N–H and O–H groups in total. The summed E-state index contributed by atoms with van der Waals surface area (Å²) in [4.78, 5) is 20.7. The summed E-state index contributed by atoms with van der Waals surface area (Å²) in [5.74, 6) is -2.20. The smallest absolute Gasteiger partial charge is 0.295 e. The number of amides is 1. The zero-order chi connectivity index (χ0) is 23.8. The van der Waals surface area contributed by atoms with Crippen LogP contribution in [0.15, 0.2) is 47.1 Å². The lowest BCUT2D eigenvalue weighted by Crippen LogP contribution is -2.51. The highest BCUT2D eigenvalue weighted by Gasteiger charge is 2.35. The van der Waals surface area contributed by atoms with Gasteiger partial charge in [-0.1, -0.05) is 18.5 Å². The number of fused-ring (bicyclic) bond motifs is 1. The van der Waals surface area contributed by atoms with Crippen LogP contribution in [-0.2, 0) is 0 Å². The van der Waals surface area contributed by atoms with E-state index in [2.05, 4.69) is 20.5 Å². The highest BCUT2D eigenvalue weighted by molar-refractivity contribution is 6.31. The van der Waals surface area contributed by atoms with Crippen LogP contribution in [0.25, 0.3) is 16.8 Å². The number of rotatable bonds is 5. The monoisotopic (exact) mass is 486 g/mol. The quantitative estimate of drug-likeness (QED) is 0.440. The maximum Gasteiger partial charge on any atom is 0.295 e. The molecule has 0 radical (unpaired) electrons. The number of nitrogens with one attached hydrogen (secondary N) is 1. The van der Waals surface area contributed by atoms with E-state index in [0.29, 0.717) is 41.3 Å². The summed E-state index contributed by atoms with van der Waals surface area (Å²) in [6, 6.07) is 6.93. The first-order valence-electron chi connectivity index (χ1n) is 10.9. The Hall–Kier alpha value is -3.53. The Morgan fingerprint density at radius 3 is 2.82 bits per heavy atom. The lowest BCUT2D eigenvalue weighted by molar-refractivity contribution is 0.0534. The van der Waals surface area contributed by atoms with Gasteiger partial charge in [-0.3, -0.25) is 4.79 Å². The van der Waals surface area contributed by atoms with Crippen LogP contribution >= 0.6 is 11.6 Å². The molecule has 4 aromatic rings. The molecule has 2 aromatic heterocycles. The zero-order valence-electron chi connectivity index (χ0n) is 18.2. The molecule has 0 unspecified atom stereocenters. The molecule has 3 heterocycles. The third kappa shape index (κ3) is 4.21. The number of oxazole rings is 1. The van der Waals surface area contributed by atoms with E-state index in [4.69, 9.17) is 16.0 Å². The number of hydrogen-bond acceptors (Lipinski definition) is 6. The second-order valence-corrected chi connectivity index (χ2v) is 8.73. The lowest BCUT2D eigenvalue weighted by Gasteiger charge is -2.40. The van der Waals surface area contributed by atoms with Gasteiger partial charge in [0.25, 0.3) is 11.9 Å². The number of carbonyl (C=O) groups excluding carboxylic acids is 1. The van der Waals surface area contributed by atoms with Crippen LogP contribution in [-0.4, -0.2) is 49.9 Å². The molecule has 8 nitrogen and oxygen atoms in total. The van der Waals surface area contributed by atoms with E-state index >= 15 is 0 Å². The van der Waals surface area contributed by atoms with E-state index in [0.717, 1.165) is 23.7 Å². The average molecular weight is 487 g/mol. The molecule has 5 rings (SSSR count). The summed E-state index contributed by atoms with van der Waals surface area (Å²) in [6.45, 7) is 2.81. The van der Waals surface area contributed by atoms with E-state index in [1.54, 1.807) is 23.1 Å². The zero-order valence-corrected chi connectivity index (χ0v) is 19.0. The number of likely N-dealkylation sites (tertiary alicyclic amines) is 1. The van der Waals surface area contributed by atoms with Crippen LogP contribution in [0.5, 0.6) is 0 Å². The maximum absolute atomic E-state index is 14.9. The topological polar surface area (TPSA) is 89.1 Å². The van der Waals surface area contributed by atoms with Crippen molar-refractivity contribution in [2.75, 3.05) is 18.4 Å². The number of carbonyl (C=O) groups is 1. The average Bonchev–Trinajstić information content (AvgIpc) is 3.47. The standard InChI is InChI=1S/C23H21ClF2N6O2/c1-13-3-2-8-31(19(13)12-27-23-30-17-9-14(24)4-5-20(17)34-23)22(33)21-16(26)10-15(25)11-18(21)32-28-6-7-29-32/h4-7,9-11,13,19H,2-3,8,12H2,1H3,(H,27,30)/t13-,19-/m1/s1. The van der Waals surface area contributed by atoms with E-state index in [9.17, 15) is 13.6 Å². The van der Waals surface area contributed by atoms with Crippen molar-refractivity contribution in [2.45, 2.75) is 25.8 Å². The molecule has 176 valence electrons. The second-order valence-electron chi connectivity index (χ2n) is 8.30. The molecule has 1 amide bonds. The largest absolute Gasteiger partial charge is 0.424 e. The van der Waals surface area contributed by atoms with Gasteiger partial charge in [-0.25, -0.2) is 8.78 Å². The van der Waals surface area contributed by atoms with Crippen molar-refractivity contribution in [3.63, 3.8) is 0 Å². The highest BCUT2D eigenvalue weighted by Crippen LogP contribution is 2.29. The molecule has 1 aliphatic rings. The van der Waals surface area contributed by atoms with Crippen LogP contribution in [0.4, 0.5) is 14.8 Å². The van der Waals surface area contributed by atoms with Gasteiger partial charge in [0.2, 0.25) is 0 Å². The number of nitrogens with zero attached hydrogens (tertiary/aromatic N) is 5. The molecule has 34 heavy (non-hydrogen) atoms. The first-order chi connectivity index (χ1) is 16.4. The van der Waals surface area contributed by atoms with Crippen molar-refractivity contribution in [1.29, 1.82) is 0 Å². The normalized spacial score (nSPS) is 18.4. The van der Waals surface area contributed by atoms with Gasteiger partial charge in [0.05, 0.1) is 18.4 Å². The number of halogens is 3. The second kappa shape index (κ2) is 9.02. The molecule has 1 fully saturated rings. The van der Waals surface area contributed by atoms with Crippen molar-refractivity contribution in [3.8, 4) is 5.69 Å². The number of aromatic nitrogens is 4. The fourth-order valence-electron chi connectivity index (χ4n) is 4.39. The van der Waals surface area contributed by atoms with Gasteiger partial charge in [0.1, 0.15) is 28.4 Å². The summed E-state index contributed by atoms with van der Waals surface area (Å²) in [5.41, 5.74) is 0.882. The number of anilines is 1. The molecule has 0 bridgehead atoms.